The van der Waals surface area contributed by atoms with Crippen LogP contribution in [0.5, 0.6) is 0 Å². The highest BCUT2D eigenvalue weighted by Crippen LogP contribution is 2.36. The van der Waals surface area contributed by atoms with Crippen molar-refractivity contribution >= 4 is 31.6 Å². The summed E-state index contributed by atoms with van der Waals surface area (Å²) in [5, 5.41) is 7.93. The smallest absolute Gasteiger partial charge is 0.307 e. The van der Waals surface area contributed by atoms with Gasteiger partial charge in [-0.05, 0) is 20.4 Å². The summed E-state index contributed by atoms with van der Waals surface area (Å²) in [5.74, 6) is -2.72. The number of esters is 2. The van der Waals surface area contributed by atoms with Crippen LogP contribution in [0, 0.1) is 0 Å². The molecule has 1 unspecified atom stereocenters. The fourth-order valence-corrected chi connectivity index (χ4v) is 2.37. The van der Waals surface area contributed by atoms with Gasteiger partial charge in [-0.3, -0.25) is 23.7 Å². The van der Waals surface area contributed by atoms with Gasteiger partial charge in [0.15, 0.2) is 12.2 Å². The van der Waals surface area contributed by atoms with E-state index < -0.39 is 43.8 Å². The molecule has 0 aliphatic carbocycles. The molecule has 0 radical (unpaired) electrons. The van der Waals surface area contributed by atoms with Crippen LogP contribution in [0.25, 0.3) is 0 Å². The van der Waals surface area contributed by atoms with Crippen LogP contribution in [0.15, 0.2) is 0 Å². The van der Waals surface area contributed by atoms with Gasteiger partial charge in [0.05, 0.1) is 19.4 Å². The van der Waals surface area contributed by atoms with Gasteiger partial charge in [-0.15, -0.1) is 0 Å². The van der Waals surface area contributed by atoms with E-state index in [0.29, 0.717) is 13.1 Å². The van der Waals surface area contributed by atoms with E-state index in [1.807, 2.05) is 6.92 Å². The van der Waals surface area contributed by atoms with Gasteiger partial charge >= 0.3 is 11.9 Å². The molecule has 13 nitrogen and oxygen atoms in total. The lowest BCUT2D eigenvalue weighted by Crippen LogP contribution is -2.39. The molecule has 0 aliphatic heterocycles. The van der Waals surface area contributed by atoms with Crippen LogP contribution >= 0.6 is 7.82 Å². The van der Waals surface area contributed by atoms with E-state index in [4.69, 9.17) is 9.47 Å². The third-order valence-corrected chi connectivity index (χ3v) is 4.56. The van der Waals surface area contributed by atoms with Crippen LogP contribution in [0.1, 0.15) is 33.6 Å². The van der Waals surface area contributed by atoms with E-state index in [1.165, 1.54) is 13.8 Å². The number of carbonyl (C=O) groups is 4. The number of phosphoric acid groups is 1. The molecule has 0 heterocycles. The number of ether oxygens (including phenoxy) is 2. The Morgan fingerprint density at radius 2 is 1.39 bits per heavy atom. The lowest BCUT2D eigenvalue weighted by atomic mass is 10.3. The molecule has 0 saturated carbocycles. The van der Waals surface area contributed by atoms with Gasteiger partial charge in [-0.1, -0.05) is 6.92 Å². The lowest BCUT2D eigenvalue weighted by Gasteiger charge is -2.20. The molecular formula is C17H31N3O10P-. The van der Waals surface area contributed by atoms with E-state index in [1.54, 1.807) is 0 Å². The second-order valence-corrected chi connectivity index (χ2v) is 7.68. The summed E-state index contributed by atoms with van der Waals surface area (Å²) >= 11 is 0. The summed E-state index contributed by atoms with van der Waals surface area (Å²) in [4.78, 5) is 58.1. The zero-order chi connectivity index (χ0) is 23.9. The van der Waals surface area contributed by atoms with Crippen molar-refractivity contribution in [1.82, 2.24) is 16.0 Å². The van der Waals surface area contributed by atoms with Crippen molar-refractivity contribution in [3.8, 4) is 0 Å². The number of phosphoric ester groups is 1. The minimum absolute atomic E-state index is 0.156. The summed E-state index contributed by atoms with van der Waals surface area (Å²) in [6.07, 6.45) is -2.86. The Hall–Kier alpha value is -2.05. The Kier molecular flexibility index (Phi) is 14.7. The van der Waals surface area contributed by atoms with Crippen LogP contribution in [0.3, 0.4) is 0 Å². The maximum Gasteiger partial charge on any atom is 0.307 e. The molecule has 0 fully saturated rings. The summed E-state index contributed by atoms with van der Waals surface area (Å²) in [5.41, 5.74) is 0. The molecule has 0 saturated heterocycles. The first-order valence-corrected chi connectivity index (χ1v) is 11.1. The van der Waals surface area contributed by atoms with E-state index in [-0.39, 0.29) is 26.0 Å². The summed E-state index contributed by atoms with van der Waals surface area (Å²) < 4.78 is 29.3. The SMILES string of the molecule is CCNCCNC(=O)[C@@H](C)OC(=O)CCC(=O)O[C@@H](C)C(=O)NCCOP(=O)([O-])OC. The predicted molar refractivity (Wildman–Crippen MR) is 105 cm³/mol. The zero-order valence-corrected chi connectivity index (χ0v) is 19.0. The molecule has 0 spiro atoms. The van der Waals surface area contributed by atoms with Gasteiger partial charge in [0.1, 0.15) is 0 Å². The van der Waals surface area contributed by atoms with Crippen molar-refractivity contribution < 1.29 is 47.2 Å². The largest absolute Gasteiger partial charge is 0.756 e. The second kappa shape index (κ2) is 15.7. The molecule has 31 heavy (non-hydrogen) atoms. The van der Waals surface area contributed by atoms with E-state index in [2.05, 4.69) is 25.0 Å². The maximum atomic E-state index is 11.8. The number of nitrogens with one attached hydrogen (secondary N) is 3. The minimum Gasteiger partial charge on any atom is -0.756 e. The number of rotatable bonds is 16. The summed E-state index contributed by atoms with van der Waals surface area (Å²) in [6, 6.07) is 0. The Balaban J connectivity index is 4.09. The van der Waals surface area contributed by atoms with Crippen molar-refractivity contribution in [3.05, 3.63) is 0 Å². The summed E-state index contributed by atoms with van der Waals surface area (Å²) in [6.45, 7) is 5.87. The Labute approximate surface area is 181 Å². The molecule has 0 aromatic carbocycles. The van der Waals surface area contributed by atoms with Crippen LogP contribution in [0.2, 0.25) is 0 Å². The Morgan fingerprint density at radius 1 is 0.903 bits per heavy atom. The molecule has 3 N–H and O–H groups in total. The van der Waals surface area contributed by atoms with Crippen molar-refractivity contribution in [2.45, 2.75) is 45.8 Å². The summed E-state index contributed by atoms with van der Waals surface area (Å²) in [7, 11) is -3.45. The molecule has 3 atom stereocenters. The van der Waals surface area contributed by atoms with Crippen LogP contribution in [0.4, 0.5) is 0 Å². The molecular weight excluding hydrogens is 437 g/mol. The van der Waals surface area contributed by atoms with Gasteiger partial charge in [-0.25, -0.2) is 0 Å². The zero-order valence-electron chi connectivity index (χ0n) is 18.1. The molecule has 0 aromatic heterocycles. The van der Waals surface area contributed by atoms with Gasteiger partial charge in [0, 0.05) is 26.7 Å². The standard InChI is InChI=1S/C17H32N3O10P/c1-5-18-8-9-19-16(23)12(2)29-14(21)6-7-15(22)30-13(3)17(24)20-10-11-28-31(25,26)27-4/h12-13,18H,5-11H2,1-4H3,(H,19,23)(H,20,24)(H,25,26)/p-1/t12-,13+/m1/s1. The Morgan fingerprint density at radius 3 is 1.84 bits per heavy atom. The van der Waals surface area contributed by atoms with E-state index in [0.717, 1.165) is 13.7 Å². The average Bonchev–Trinajstić information content (AvgIpc) is 2.72. The molecule has 0 bridgehead atoms. The van der Waals surface area contributed by atoms with E-state index >= 15 is 0 Å². The van der Waals surface area contributed by atoms with Gasteiger partial charge in [-0.2, -0.15) is 0 Å². The van der Waals surface area contributed by atoms with Crippen LogP contribution in [-0.2, 0) is 42.3 Å². The maximum absolute atomic E-state index is 11.8. The predicted octanol–water partition coefficient (Wildman–Crippen LogP) is -1.40. The number of amides is 2. The minimum atomic E-state index is -4.38. The number of hydrogen-bond acceptors (Lipinski definition) is 11. The van der Waals surface area contributed by atoms with Crippen molar-refractivity contribution in [2.24, 2.45) is 0 Å². The average molecular weight is 468 g/mol. The number of likely N-dealkylation sites (N-methyl/N-ethyl adjacent to an activating group) is 1. The van der Waals surface area contributed by atoms with Crippen LogP contribution < -0.4 is 20.8 Å². The highest BCUT2D eigenvalue weighted by Gasteiger charge is 2.21. The number of carbonyl (C=O) groups excluding carboxylic acids is 4. The normalized spacial score (nSPS) is 14.6. The van der Waals surface area contributed by atoms with Crippen LogP contribution in [-0.4, -0.2) is 75.9 Å². The molecule has 0 aromatic rings. The van der Waals surface area contributed by atoms with Gasteiger partial charge < -0.3 is 39.4 Å². The lowest BCUT2D eigenvalue weighted by molar-refractivity contribution is -0.222. The highest BCUT2D eigenvalue weighted by molar-refractivity contribution is 7.45. The van der Waals surface area contributed by atoms with Gasteiger partial charge in [0.25, 0.3) is 19.6 Å². The topological polar surface area (TPSA) is 181 Å². The third-order valence-electron chi connectivity index (χ3n) is 3.61. The van der Waals surface area contributed by atoms with Crippen molar-refractivity contribution in [2.75, 3.05) is 39.9 Å². The second-order valence-electron chi connectivity index (χ2n) is 6.16. The fraction of sp³-hybridized carbons (Fsp3) is 0.765. The first-order chi connectivity index (χ1) is 14.5. The van der Waals surface area contributed by atoms with Gasteiger partial charge in [0.2, 0.25) is 0 Å². The molecule has 0 aliphatic rings. The molecule has 180 valence electrons. The van der Waals surface area contributed by atoms with Crippen molar-refractivity contribution in [3.63, 3.8) is 0 Å². The fourth-order valence-electron chi connectivity index (χ4n) is 1.95. The first-order valence-electron chi connectivity index (χ1n) is 9.68. The molecule has 2 amide bonds. The number of hydrogen-bond donors (Lipinski definition) is 3. The quantitative estimate of drug-likeness (QED) is 0.138. The molecule has 14 heteroatoms. The Bertz CT molecular complexity index is 646. The highest BCUT2D eigenvalue weighted by atomic mass is 31.2. The monoisotopic (exact) mass is 468 g/mol. The van der Waals surface area contributed by atoms with Crippen molar-refractivity contribution in [1.29, 1.82) is 0 Å². The third kappa shape index (κ3) is 14.6. The first kappa shape index (κ1) is 28.9. The van der Waals surface area contributed by atoms with E-state index in [9.17, 15) is 28.6 Å². The molecule has 0 rings (SSSR count).